The normalized spacial score (nSPS) is 38.5. The fraction of sp³-hybridized carbons (Fsp3) is 0.583. The highest BCUT2D eigenvalue weighted by atomic mass is 79.9. The second-order valence-electron chi connectivity index (χ2n) is 4.76. The predicted octanol–water partition coefficient (Wildman–Crippen LogP) is 2.82. The van der Waals surface area contributed by atoms with Gasteiger partial charge in [0.2, 0.25) is 0 Å². The zero-order chi connectivity index (χ0) is 10.5. The van der Waals surface area contributed by atoms with Crippen molar-refractivity contribution in [2.24, 2.45) is 17.6 Å². The summed E-state index contributed by atoms with van der Waals surface area (Å²) in [5.41, 5.74) is 7.47. The minimum absolute atomic E-state index is 0.128. The highest BCUT2D eigenvalue weighted by molar-refractivity contribution is 9.10. The number of aromatic nitrogens is 1. The summed E-state index contributed by atoms with van der Waals surface area (Å²) in [6, 6.07) is 3.99. The van der Waals surface area contributed by atoms with E-state index in [4.69, 9.17) is 5.73 Å². The van der Waals surface area contributed by atoms with Crippen LogP contribution in [0.1, 0.15) is 31.4 Å². The third-order valence-electron chi connectivity index (χ3n) is 4.05. The van der Waals surface area contributed by atoms with Crippen LogP contribution < -0.4 is 5.73 Å². The van der Waals surface area contributed by atoms with Crippen molar-refractivity contribution in [2.75, 3.05) is 0 Å². The van der Waals surface area contributed by atoms with E-state index < -0.39 is 0 Å². The van der Waals surface area contributed by atoms with E-state index in [-0.39, 0.29) is 5.54 Å². The Labute approximate surface area is 98.4 Å². The maximum Gasteiger partial charge on any atom is 0.0749 e. The Balaban J connectivity index is 1.98. The van der Waals surface area contributed by atoms with Gasteiger partial charge >= 0.3 is 0 Å². The van der Waals surface area contributed by atoms with Crippen LogP contribution in [0.3, 0.4) is 0 Å². The molecule has 2 atom stereocenters. The lowest BCUT2D eigenvalue weighted by Crippen LogP contribution is -2.25. The molecule has 2 aliphatic rings. The van der Waals surface area contributed by atoms with E-state index in [1.165, 1.54) is 25.7 Å². The summed E-state index contributed by atoms with van der Waals surface area (Å²) in [4.78, 5) is 4.46. The Morgan fingerprint density at radius 3 is 2.60 bits per heavy atom. The van der Waals surface area contributed by atoms with Crippen molar-refractivity contribution in [3.63, 3.8) is 0 Å². The lowest BCUT2D eigenvalue weighted by atomic mass is 10.0. The van der Waals surface area contributed by atoms with Gasteiger partial charge in [-0.15, -0.1) is 0 Å². The van der Waals surface area contributed by atoms with Gasteiger partial charge in [0.1, 0.15) is 0 Å². The molecular weight excluding hydrogens is 252 g/mol. The molecule has 1 heterocycles. The SMILES string of the molecule is NC1(c2ncccc2Br)C2CCCCC21. The first-order valence-electron chi connectivity index (χ1n) is 5.64. The molecule has 1 aromatic rings. The number of halogens is 1. The summed E-state index contributed by atoms with van der Waals surface area (Å²) in [7, 11) is 0. The summed E-state index contributed by atoms with van der Waals surface area (Å²) < 4.78 is 1.07. The van der Waals surface area contributed by atoms with Gasteiger partial charge < -0.3 is 5.73 Å². The number of rotatable bonds is 1. The second kappa shape index (κ2) is 3.29. The first-order valence-corrected chi connectivity index (χ1v) is 6.43. The number of nitrogens with zero attached hydrogens (tertiary/aromatic N) is 1. The Morgan fingerprint density at radius 1 is 1.33 bits per heavy atom. The molecule has 0 radical (unpaired) electrons. The monoisotopic (exact) mass is 266 g/mol. The van der Waals surface area contributed by atoms with Gasteiger partial charge in [0.25, 0.3) is 0 Å². The van der Waals surface area contributed by atoms with E-state index >= 15 is 0 Å². The van der Waals surface area contributed by atoms with Gasteiger partial charge in [0, 0.05) is 10.7 Å². The van der Waals surface area contributed by atoms with Gasteiger partial charge in [0.05, 0.1) is 11.2 Å². The van der Waals surface area contributed by atoms with Crippen LogP contribution in [0.5, 0.6) is 0 Å². The first kappa shape index (κ1) is 9.79. The van der Waals surface area contributed by atoms with Crippen molar-refractivity contribution in [1.82, 2.24) is 4.98 Å². The van der Waals surface area contributed by atoms with Gasteiger partial charge in [0.15, 0.2) is 0 Å². The molecule has 15 heavy (non-hydrogen) atoms. The zero-order valence-electron chi connectivity index (χ0n) is 8.62. The van der Waals surface area contributed by atoms with Crippen molar-refractivity contribution in [3.8, 4) is 0 Å². The molecule has 2 fully saturated rings. The quantitative estimate of drug-likeness (QED) is 0.849. The Kier molecular flexibility index (Phi) is 2.15. The summed E-state index contributed by atoms with van der Waals surface area (Å²) in [6.45, 7) is 0. The molecule has 0 aromatic carbocycles. The Bertz CT molecular complexity index is 379. The van der Waals surface area contributed by atoms with Crippen molar-refractivity contribution < 1.29 is 0 Å². The number of nitrogens with two attached hydrogens (primary N) is 1. The van der Waals surface area contributed by atoms with Crippen molar-refractivity contribution in [2.45, 2.75) is 31.2 Å². The predicted molar refractivity (Wildman–Crippen MR) is 63.3 cm³/mol. The molecular formula is C12H15BrN2. The molecule has 2 N–H and O–H groups in total. The first-order chi connectivity index (χ1) is 7.24. The lowest BCUT2D eigenvalue weighted by molar-refractivity contribution is 0.480. The Hall–Kier alpha value is -0.410. The maximum absolute atomic E-state index is 6.53. The summed E-state index contributed by atoms with van der Waals surface area (Å²) in [5, 5.41) is 0. The smallest absolute Gasteiger partial charge is 0.0749 e. The molecule has 80 valence electrons. The van der Waals surface area contributed by atoms with Crippen LogP contribution >= 0.6 is 15.9 Å². The molecule has 3 heteroatoms. The molecule has 2 aliphatic carbocycles. The van der Waals surface area contributed by atoms with E-state index in [1.807, 2.05) is 18.3 Å². The number of hydrogen-bond donors (Lipinski definition) is 1. The average Bonchev–Trinajstić information content (AvgIpc) is 2.87. The average molecular weight is 267 g/mol. The molecule has 0 aliphatic heterocycles. The minimum atomic E-state index is -0.128. The Morgan fingerprint density at radius 2 is 2.00 bits per heavy atom. The van der Waals surface area contributed by atoms with E-state index in [2.05, 4.69) is 20.9 Å². The van der Waals surface area contributed by atoms with E-state index in [0.29, 0.717) is 11.8 Å². The molecule has 0 amide bonds. The van der Waals surface area contributed by atoms with Gasteiger partial charge in [-0.1, -0.05) is 12.8 Å². The van der Waals surface area contributed by atoms with Crippen LogP contribution in [0, 0.1) is 11.8 Å². The summed E-state index contributed by atoms with van der Waals surface area (Å²) in [5.74, 6) is 1.36. The van der Waals surface area contributed by atoms with Gasteiger partial charge in [-0.05, 0) is 52.7 Å². The van der Waals surface area contributed by atoms with Crippen molar-refractivity contribution >= 4 is 15.9 Å². The molecule has 0 saturated heterocycles. The van der Waals surface area contributed by atoms with Crippen LogP contribution in [-0.4, -0.2) is 4.98 Å². The molecule has 3 rings (SSSR count). The molecule has 0 spiro atoms. The molecule has 2 nitrogen and oxygen atoms in total. The van der Waals surface area contributed by atoms with E-state index in [1.54, 1.807) is 0 Å². The third-order valence-corrected chi connectivity index (χ3v) is 4.69. The lowest BCUT2D eigenvalue weighted by Gasteiger charge is -2.12. The molecule has 0 bridgehead atoms. The van der Waals surface area contributed by atoms with Crippen LogP contribution in [0.25, 0.3) is 0 Å². The van der Waals surface area contributed by atoms with Crippen LogP contribution in [0.2, 0.25) is 0 Å². The highest BCUT2D eigenvalue weighted by Gasteiger charge is 2.64. The topological polar surface area (TPSA) is 38.9 Å². The van der Waals surface area contributed by atoms with Gasteiger partial charge in [-0.3, -0.25) is 4.98 Å². The molecule has 2 unspecified atom stereocenters. The standard InChI is InChI=1S/C12H15BrN2/c13-10-6-3-7-15-11(10)12(14)8-4-1-2-5-9(8)12/h3,6-9H,1-2,4-5,14H2. The van der Waals surface area contributed by atoms with Crippen LogP contribution in [0.15, 0.2) is 22.8 Å². The van der Waals surface area contributed by atoms with Crippen molar-refractivity contribution in [3.05, 3.63) is 28.5 Å². The maximum atomic E-state index is 6.53. The molecule has 2 saturated carbocycles. The number of pyridine rings is 1. The third kappa shape index (κ3) is 1.29. The largest absolute Gasteiger partial charge is 0.320 e. The van der Waals surface area contributed by atoms with Crippen molar-refractivity contribution in [1.29, 1.82) is 0 Å². The minimum Gasteiger partial charge on any atom is -0.320 e. The van der Waals surface area contributed by atoms with Gasteiger partial charge in [-0.25, -0.2) is 0 Å². The summed E-state index contributed by atoms with van der Waals surface area (Å²) >= 11 is 3.56. The zero-order valence-corrected chi connectivity index (χ0v) is 10.2. The fourth-order valence-corrected chi connectivity index (χ4v) is 3.83. The van der Waals surface area contributed by atoms with Crippen LogP contribution in [0.4, 0.5) is 0 Å². The molecule has 1 aromatic heterocycles. The number of fused-ring (bicyclic) bond motifs is 1. The second-order valence-corrected chi connectivity index (χ2v) is 5.62. The van der Waals surface area contributed by atoms with Gasteiger partial charge in [-0.2, -0.15) is 0 Å². The fourth-order valence-electron chi connectivity index (χ4n) is 3.23. The van der Waals surface area contributed by atoms with E-state index in [0.717, 1.165) is 10.2 Å². The summed E-state index contributed by atoms with van der Waals surface area (Å²) in [6.07, 6.45) is 7.09. The highest BCUT2D eigenvalue weighted by Crippen LogP contribution is 2.63. The van der Waals surface area contributed by atoms with E-state index in [9.17, 15) is 0 Å². The number of hydrogen-bond acceptors (Lipinski definition) is 2. The van der Waals surface area contributed by atoms with Crippen LogP contribution in [-0.2, 0) is 5.54 Å².